The van der Waals surface area contributed by atoms with Crippen molar-refractivity contribution < 1.29 is 26.7 Å². The summed E-state index contributed by atoms with van der Waals surface area (Å²) in [6.07, 6.45) is 11.8. The molecule has 0 aromatic carbocycles. The van der Waals surface area contributed by atoms with Crippen molar-refractivity contribution in [3.63, 3.8) is 0 Å². The van der Waals surface area contributed by atoms with Gasteiger partial charge in [-0.15, -0.1) is 0 Å². The molecule has 0 N–H and O–H groups in total. The van der Waals surface area contributed by atoms with Crippen LogP contribution in [0.2, 0.25) is 0 Å². The largest absolute Gasteiger partial charge is 0.673 e. The lowest BCUT2D eigenvalue weighted by Gasteiger charge is -2.02. The molecular formula is C13H25BF4N2O. The van der Waals surface area contributed by atoms with Crippen LogP contribution in [0.5, 0.6) is 0 Å². The van der Waals surface area contributed by atoms with Crippen LogP contribution < -0.4 is 9.40 Å². The standard InChI is InChI=1S/C13H25N2O.BF4/c1-4-5-6-7-8-9-12-16-15-11-10-14(3)13(15)2;2-1(3,4)5/h10-11H,4-9,12H2,1-3H3;/q+1;-1. The molecule has 0 aliphatic rings. The molecule has 1 aromatic heterocycles. The quantitative estimate of drug-likeness (QED) is 0.310. The van der Waals surface area contributed by atoms with E-state index in [1.54, 1.807) is 0 Å². The maximum atomic E-state index is 9.75. The van der Waals surface area contributed by atoms with Crippen LogP contribution in [-0.2, 0) is 7.05 Å². The Balaban J connectivity index is 0.000000690. The number of imidazole rings is 1. The molecule has 0 bridgehead atoms. The molecule has 0 aliphatic carbocycles. The zero-order chi connectivity index (χ0) is 16.3. The monoisotopic (exact) mass is 312 g/mol. The molecule has 1 rings (SSSR count). The second kappa shape index (κ2) is 10.5. The Morgan fingerprint density at radius 2 is 1.62 bits per heavy atom. The highest BCUT2D eigenvalue weighted by Gasteiger charge is 2.20. The van der Waals surface area contributed by atoms with E-state index in [1.807, 2.05) is 24.2 Å². The number of halogens is 4. The minimum Gasteiger partial charge on any atom is -0.418 e. The minimum atomic E-state index is -6.00. The van der Waals surface area contributed by atoms with Crippen LogP contribution in [0.1, 0.15) is 51.3 Å². The van der Waals surface area contributed by atoms with Crippen LogP contribution in [0.25, 0.3) is 0 Å². The van der Waals surface area contributed by atoms with Crippen molar-refractivity contribution in [3.8, 4) is 0 Å². The highest BCUT2D eigenvalue weighted by molar-refractivity contribution is 6.50. The fourth-order valence-electron chi connectivity index (χ4n) is 1.71. The van der Waals surface area contributed by atoms with E-state index in [0.29, 0.717) is 0 Å². The van der Waals surface area contributed by atoms with Gasteiger partial charge in [-0.05, 0) is 17.6 Å². The van der Waals surface area contributed by atoms with Crippen molar-refractivity contribution >= 4 is 7.25 Å². The van der Waals surface area contributed by atoms with Gasteiger partial charge in [0.25, 0.3) is 5.82 Å². The molecule has 0 spiro atoms. The molecule has 21 heavy (non-hydrogen) atoms. The van der Waals surface area contributed by atoms with Crippen LogP contribution >= 0.6 is 0 Å². The first-order chi connectivity index (χ1) is 9.75. The van der Waals surface area contributed by atoms with Crippen LogP contribution in [-0.4, -0.2) is 18.6 Å². The molecule has 0 saturated heterocycles. The fraction of sp³-hybridized carbons (Fsp3) is 0.769. The number of hydrogen-bond acceptors (Lipinski definition) is 1. The summed E-state index contributed by atoms with van der Waals surface area (Å²) in [7, 11) is -3.97. The molecule has 0 atom stereocenters. The summed E-state index contributed by atoms with van der Waals surface area (Å²) in [5.41, 5.74) is 0. The SMILES string of the molecule is CCCCCCCCOn1cc[n+](C)c1C.F[B-](F)(F)F. The van der Waals surface area contributed by atoms with E-state index in [-0.39, 0.29) is 0 Å². The maximum Gasteiger partial charge on any atom is 0.673 e. The van der Waals surface area contributed by atoms with Crippen molar-refractivity contribution in [2.45, 2.75) is 52.4 Å². The van der Waals surface area contributed by atoms with Gasteiger partial charge in [0.1, 0.15) is 12.8 Å². The summed E-state index contributed by atoms with van der Waals surface area (Å²) >= 11 is 0. The summed E-state index contributed by atoms with van der Waals surface area (Å²) in [6, 6.07) is 0. The van der Waals surface area contributed by atoms with Gasteiger partial charge in [-0.25, -0.2) is 4.57 Å². The molecular weight excluding hydrogens is 287 g/mol. The van der Waals surface area contributed by atoms with Gasteiger partial charge >= 0.3 is 7.25 Å². The molecule has 8 heteroatoms. The summed E-state index contributed by atoms with van der Waals surface area (Å²) in [5, 5.41) is 0. The number of aryl methyl sites for hydroxylation is 1. The Morgan fingerprint density at radius 3 is 2.10 bits per heavy atom. The predicted molar refractivity (Wildman–Crippen MR) is 75.4 cm³/mol. The van der Waals surface area contributed by atoms with Crippen molar-refractivity contribution in [1.82, 2.24) is 4.73 Å². The Kier molecular flexibility index (Phi) is 9.91. The number of unbranched alkanes of at least 4 members (excludes halogenated alkanes) is 5. The topological polar surface area (TPSA) is 18.0 Å². The zero-order valence-corrected chi connectivity index (χ0v) is 13.0. The normalized spacial score (nSPS) is 11.0. The Bertz CT molecular complexity index is 377. The summed E-state index contributed by atoms with van der Waals surface area (Å²) in [6.45, 7) is 5.13. The van der Waals surface area contributed by atoms with Crippen LogP contribution in [0.4, 0.5) is 17.3 Å². The van der Waals surface area contributed by atoms with Gasteiger partial charge < -0.3 is 22.1 Å². The van der Waals surface area contributed by atoms with Crippen molar-refractivity contribution in [2.75, 3.05) is 6.61 Å². The summed E-state index contributed by atoms with van der Waals surface area (Å²) in [4.78, 5) is 5.66. The lowest BCUT2D eigenvalue weighted by molar-refractivity contribution is -0.678. The maximum absolute atomic E-state index is 9.75. The number of rotatable bonds is 8. The second-order valence-corrected chi connectivity index (χ2v) is 4.88. The van der Waals surface area contributed by atoms with Crippen molar-refractivity contribution in [1.29, 1.82) is 0 Å². The highest BCUT2D eigenvalue weighted by Crippen LogP contribution is 2.06. The molecule has 1 aromatic rings. The first-order valence-electron chi connectivity index (χ1n) is 7.30. The predicted octanol–water partition coefficient (Wildman–Crippen LogP) is 3.71. The molecule has 1 heterocycles. The molecule has 124 valence electrons. The third kappa shape index (κ3) is 12.3. The smallest absolute Gasteiger partial charge is 0.418 e. The average Bonchev–Trinajstić information content (AvgIpc) is 2.67. The van der Waals surface area contributed by atoms with Gasteiger partial charge in [0.2, 0.25) is 0 Å². The first-order valence-corrected chi connectivity index (χ1v) is 7.30. The second-order valence-electron chi connectivity index (χ2n) is 4.88. The summed E-state index contributed by atoms with van der Waals surface area (Å²) in [5.74, 6) is 1.13. The molecule has 0 fully saturated rings. The fourth-order valence-corrected chi connectivity index (χ4v) is 1.71. The Hall–Kier alpha value is -1.21. The van der Waals surface area contributed by atoms with Crippen molar-refractivity contribution in [3.05, 3.63) is 18.2 Å². The van der Waals surface area contributed by atoms with Crippen molar-refractivity contribution in [2.24, 2.45) is 7.05 Å². The van der Waals surface area contributed by atoms with E-state index in [0.717, 1.165) is 18.9 Å². The molecule has 0 aliphatic heterocycles. The highest BCUT2D eigenvalue weighted by atomic mass is 19.5. The summed E-state index contributed by atoms with van der Waals surface area (Å²) < 4.78 is 42.9. The van der Waals surface area contributed by atoms with Gasteiger partial charge in [-0.1, -0.05) is 32.6 Å². The van der Waals surface area contributed by atoms with E-state index in [2.05, 4.69) is 18.4 Å². The molecule has 0 saturated carbocycles. The van der Waals surface area contributed by atoms with Crippen LogP contribution in [0.15, 0.2) is 12.4 Å². The van der Waals surface area contributed by atoms with Gasteiger partial charge in [0.05, 0.1) is 7.05 Å². The van der Waals surface area contributed by atoms with E-state index < -0.39 is 7.25 Å². The van der Waals surface area contributed by atoms with Gasteiger partial charge in [-0.2, -0.15) is 0 Å². The number of hydrogen-bond donors (Lipinski definition) is 0. The molecule has 0 radical (unpaired) electrons. The third-order valence-electron chi connectivity index (χ3n) is 2.98. The molecule has 3 nitrogen and oxygen atoms in total. The van der Waals surface area contributed by atoms with Crippen LogP contribution in [0.3, 0.4) is 0 Å². The van der Waals surface area contributed by atoms with Crippen LogP contribution in [0, 0.1) is 6.92 Å². The van der Waals surface area contributed by atoms with E-state index in [1.165, 1.54) is 32.1 Å². The van der Waals surface area contributed by atoms with E-state index >= 15 is 0 Å². The molecule has 0 amide bonds. The van der Waals surface area contributed by atoms with E-state index in [4.69, 9.17) is 4.84 Å². The van der Waals surface area contributed by atoms with E-state index in [9.17, 15) is 17.3 Å². The average molecular weight is 312 g/mol. The van der Waals surface area contributed by atoms with Gasteiger partial charge in [-0.3, -0.25) is 0 Å². The lowest BCUT2D eigenvalue weighted by Crippen LogP contribution is -2.31. The van der Waals surface area contributed by atoms with Gasteiger partial charge in [0.15, 0.2) is 6.20 Å². The zero-order valence-electron chi connectivity index (χ0n) is 13.0. The molecule has 0 unspecified atom stereocenters. The first kappa shape index (κ1) is 19.8. The number of aromatic nitrogens is 2. The minimum absolute atomic E-state index is 0.821. The third-order valence-corrected chi connectivity index (χ3v) is 2.98. The lowest BCUT2D eigenvalue weighted by atomic mass is 10.1. The Labute approximate surface area is 124 Å². The Morgan fingerprint density at radius 1 is 1.10 bits per heavy atom. The van der Waals surface area contributed by atoms with Gasteiger partial charge in [0, 0.05) is 6.92 Å². The number of nitrogens with zero attached hydrogens (tertiary/aromatic N) is 2.